The Bertz CT molecular complexity index is 379. The molecule has 1 heterocycles. The molecule has 4 nitrogen and oxygen atoms in total. The van der Waals surface area contributed by atoms with Gasteiger partial charge >= 0.3 is 0 Å². The SMILES string of the molecule is COCCCNc1nc(C)cn1CC(C)C(C)(C)C. The molecule has 4 heteroatoms. The van der Waals surface area contributed by atoms with Crippen LogP contribution in [0.4, 0.5) is 5.95 Å². The lowest BCUT2D eigenvalue weighted by Crippen LogP contribution is -2.23. The monoisotopic (exact) mass is 267 g/mol. The van der Waals surface area contributed by atoms with E-state index in [-0.39, 0.29) is 0 Å². The largest absolute Gasteiger partial charge is 0.385 e. The van der Waals surface area contributed by atoms with E-state index in [9.17, 15) is 0 Å². The summed E-state index contributed by atoms with van der Waals surface area (Å²) in [6.07, 6.45) is 3.12. The molecule has 0 spiro atoms. The van der Waals surface area contributed by atoms with Gasteiger partial charge in [-0.3, -0.25) is 0 Å². The zero-order valence-electron chi connectivity index (χ0n) is 13.3. The van der Waals surface area contributed by atoms with Gasteiger partial charge in [0.15, 0.2) is 0 Å². The molecule has 110 valence electrons. The van der Waals surface area contributed by atoms with E-state index in [1.165, 1.54) is 0 Å². The highest BCUT2D eigenvalue weighted by Crippen LogP contribution is 2.27. The number of rotatable bonds is 7. The second-order valence-electron chi connectivity index (χ2n) is 6.40. The van der Waals surface area contributed by atoms with Crippen molar-refractivity contribution in [3.05, 3.63) is 11.9 Å². The molecule has 19 heavy (non-hydrogen) atoms. The van der Waals surface area contributed by atoms with Gasteiger partial charge in [-0.05, 0) is 24.7 Å². The summed E-state index contributed by atoms with van der Waals surface area (Å²) in [6, 6.07) is 0. The Morgan fingerprint density at radius 3 is 2.68 bits per heavy atom. The van der Waals surface area contributed by atoms with E-state index in [2.05, 4.69) is 48.8 Å². The topological polar surface area (TPSA) is 39.1 Å². The molecule has 1 atom stereocenters. The third kappa shape index (κ3) is 5.23. The Hall–Kier alpha value is -1.03. The number of hydrogen-bond donors (Lipinski definition) is 1. The number of methoxy groups -OCH3 is 1. The van der Waals surface area contributed by atoms with Gasteiger partial charge in [-0.15, -0.1) is 0 Å². The van der Waals surface area contributed by atoms with Crippen molar-refractivity contribution in [3.8, 4) is 0 Å². The van der Waals surface area contributed by atoms with Crippen LogP contribution in [-0.4, -0.2) is 29.8 Å². The fraction of sp³-hybridized carbons (Fsp3) is 0.800. The first kappa shape index (κ1) is 16.0. The van der Waals surface area contributed by atoms with Crippen LogP contribution in [0.5, 0.6) is 0 Å². The summed E-state index contributed by atoms with van der Waals surface area (Å²) < 4.78 is 7.29. The highest BCUT2D eigenvalue weighted by atomic mass is 16.5. The average Bonchev–Trinajstić information content (AvgIpc) is 2.64. The van der Waals surface area contributed by atoms with E-state index in [0.717, 1.165) is 37.8 Å². The van der Waals surface area contributed by atoms with Crippen LogP contribution in [0.15, 0.2) is 6.20 Å². The maximum atomic E-state index is 5.06. The number of nitrogens with zero attached hydrogens (tertiary/aromatic N) is 2. The molecule has 1 aromatic rings. The molecule has 0 aliphatic rings. The van der Waals surface area contributed by atoms with Crippen LogP contribution < -0.4 is 5.32 Å². The molecule has 0 saturated carbocycles. The quantitative estimate of drug-likeness (QED) is 0.770. The Kier molecular flexibility index (Phi) is 5.85. The van der Waals surface area contributed by atoms with Crippen molar-refractivity contribution < 1.29 is 4.74 Å². The minimum atomic E-state index is 0.311. The van der Waals surface area contributed by atoms with Gasteiger partial charge in [0.05, 0.1) is 5.69 Å². The third-order valence-corrected chi connectivity index (χ3v) is 3.65. The van der Waals surface area contributed by atoms with E-state index < -0.39 is 0 Å². The summed E-state index contributed by atoms with van der Waals surface area (Å²) in [4.78, 5) is 4.55. The summed E-state index contributed by atoms with van der Waals surface area (Å²) in [5.74, 6) is 1.57. The molecule has 0 radical (unpaired) electrons. The molecule has 1 aromatic heterocycles. The molecule has 0 amide bonds. The normalized spacial score (nSPS) is 13.6. The predicted octanol–water partition coefficient (Wildman–Crippen LogP) is 3.32. The van der Waals surface area contributed by atoms with Crippen molar-refractivity contribution in [1.82, 2.24) is 9.55 Å². The van der Waals surface area contributed by atoms with Crippen molar-refractivity contribution in [2.75, 3.05) is 25.6 Å². The van der Waals surface area contributed by atoms with Gasteiger partial charge in [0.25, 0.3) is 0 Å². The van der Waals surface area contributed by atoms with Crippen LogP contribution in [-0.2, 0) is 11.3 Å². The molecule has 1 N–H and O–H groups in total. The first-order valence-electron chi connectivity index (χ1n) is 7.11. The third-order valence-electron chi connectivity index (χ3n) is 3.65. The van der Waals surface area contributed by atoms with E-state index in [0.29, 0.717) is 11.3 Å². The smallest absolute Gasteiger partial charge is 0.203 e. The van der Waals surface area contributed by atoms with Crippen molar-refractivity contribution >= 4 is 5.95 Å². The molecule has 1 rings (SSSR count). The molecular weight excluding hydrogens is 238 g/mol. The van der Waals surface area contributed by atoms with E-state index in [1.807, 2.05) is 6.92 Å². The summed E-state index contributed by atoms with van der Waals surface area (Å²) in [7, 11) is 1.73. The maximum Gasteiger partial charge on any atom is 0.203 e. The van der Waals surface area contributed by atoms with Gasteiger partial charge in [-0.2, -0.15) is 0 Å². The second kappa shape index (κ2) is 6.94. The lowest BCUT2D eigenvalue weighted by atomic mass is 9.82. The molecule has 1 unspecified atom stereocenters. The maximum absolute atomic E-state index is 5.06. The summed E-state index contributed by atoms with van der Waals surface area (Å²) >= 11 is 0. The highest BCUT2D eigenvalue weighted by molar-refractivity contribution is 5.28. The second-order valence-corrected chi connectivity index (χ2v) is 6.40. The Balaban J connectivity index is 2.62. The molecule has 0 fully saturated rings. The van der Waals surface area contributed by atoms with Crippen LogP contribution in [0.25, 0.3) is 0 Å². The van der Waals surface area contributed by atoms with Gasteiger partial charge in [0.1, 0.15) is 0 Å². The van der Waals surface area contributed by atoms with Gasteiger partial charge < -0.3 is 14.6 Å². The summed E-state index contributed by atoms with van der Waals surface area (Å²) in [5, 5.41) is 3.40. The highest BCUT2D eigenvalue weighted by Gasteiger charge is 2.21. The van der Waals surface area contributed by atoms with E-state index in [4.69, 9.17) is 4.74 Å². The Morgan fingerprint density at radius 1 is 1.42 bits per heavy atom. The van der Waals surface area contributed by atoms with Crippen molar-refractivity contribution in [3.63, 3.8) is 0 Å². The number of aromatic nitrogens is 2. The molecule has 0 aromatic carbocycles. The Morgan fingerprint density at radius 2 is 2.11 bits per heavy atom. The fourth-order valence-corrected chi connectivity index (χ4v) is 1.81. The number of anilines is 1. The first-order chi connectivity index (χ1) is 8.84. The lowest BCUT2D eigenvalue weighted by Gasteiger charge is -2.28. The van der Waals surface area contributed by atoms with Crippen LogP contribution in [0.1, 0.15) is 39.8 Å². The van der Waals surface area contributed by atoms with Gasteiger partial charge in [-0.25, -0.2) is 4.98 Å². The first-order valence-corrected chi connectivity index (χ1v) is 7.11. The van der Waals surface area contributed by atoms with Crippen LogP contribution in [0.2, 0.25) is 0 Å². The van der Waals surface area contributed by atoms with Gasteiger partial charge in [-0.1, -0.05) is 27.7 Å². The predicted molar refractivity (Wildman–Crippen MR) is 80.6 cm³/mol. The minimum absolute atomic E-state index is 0.311. The van der Waals surface area contributed by atoms with Gasteiger partial charge in [0, 0.05) is 33.0 Å². The van der Waals surface area contributed by atoms with Crippen LogP contribution >= 0.6 is 0 Å². The molecule has 0 aliphatic heterocycles. The number of hydrogen-bond acceptors (Lipinski definition) is 3. The van der Waals surface area contributed by atoms with Crippen LogP contribution in [0.3, 0.4) is 0 Å². The number of imidazole rings is 1. The molecule has 0 bridgehead atoms. The lowest BCUT2D eigenvalue weighted by molar-refractivity contribution is 0.197. The van der Waals surface area contributed by atoms with Crippen molar-refractivity contribution in [2.24, 2.45) is 11.3 Å². The minimum Gasteiger partial charge on any atom is -0.385 e. The average molecular weight is 267 g/mol. The number of nitrogens with one attached hydrogen (secondary N) is 1. The molecule has 0 aliphatic carbocycles. The summed E-state index contributed by atoms with van der Waals surface area (Å²) in [6.45, 7) is 13.9. The zero-order chi connectivity index (χ0) is 14.5. The summed E-state index contributed by atoms with van der Waals surface area (Å²) in [5.41, 5.74) is 1.38. The van der Waals surface area contributed by atoms with E-state index in [1.54, 1.807) is 7.11 Å². The standard InChI is InChI=1S/C15H29N3O/c1-12(15(3,4)5)10-18-11-13(2)17-14(18)16-8-7-9-19-6/h11-12H,7-10H2,1-6H3,(H,16,17). The molecular formula is C15H29N3O. The zero-order valence-corrected chi connectivity index (χ0v) is 13.3. The van der Waals surface area contributed by atoms with E-state index >= 15 is 0 Å². The fourth-order valence-electron chi connectivity index (χ4n) is 1.81. The Labute approximate surface area is 117 Å². The van der Waals surface area contributed by atoms with Crippen molar-refractivity contribution in [1.29, 1.82) is 0 Å². The van der Waals surface area contributed by atoms with Crippen LogP contribution in [0, 0.1) is 18.3 Å². The van der Waals surface area contributed by atoms with Gasteiger partial charge in [0.2, 0.25) is 5.95 Å². The number of ether oxygens (including phenoxy) is 1. The molecule has 0 saturated heterocycles. The number of aryl methyl sites for hydroxylation is 1. The van der Waals surface area contributed by atoms with Crippen molar-refractivity contribution in [2.45, 2.75) is 47.6 Å².